The summed E-state index contributed by atoms with van der Waals surface area (Å²) in [4.78, 5) is 0. The normalized spacial score (nSPS) is 11.2. The van der Waals surface area contributed by atoms with E-state index in [1.165, 1.54) is 0 Å². The number of ether oxygens (including phenoxy) is 2. The van der Waals surface area contributed by atoms with E-state index in [0.29, 0.717) is 12.6 Å². The molecule has 1 rings (SSSR count). The van der Waals surface area contributed by atoms with Crippen molar-refractivity contribution >= 4 is 6.08 Å². The zero-order valence-electron chi connectivity index (χ0n) is 11.7. The first kappa shape index (κ1) is 14.6. The lowest BCUT2D eigenvalue weighted by Crippen LogP contribution is -2.22. The molecule has 0 aliphatic heterocycles. The van der Waals surface area contributed by atoms with E-state index in [4.69, 9.17) is 9.47 Å². The summed E-state index contributed by atoms with van der Waals surface area (Å²) in [7, 11) is 1.66. The Morgan fingerprint density at radius 2 is 2.06 bits per heavy atom. The van der Waals surface area contributed by atoms with Crippen LogP contribution < -0.4 is 14.8 Å². The van der Waals surface area contributed by atoms with Crippen LogP contribution in [0.25, 0.3) is 6.08 Å². The SMILES string of the molecule is CCOc1ccc(C=CCNC(C)C)cc1OC. The van der Waals surface area contributed by atoms with Crippen molar-refractivity contribution < 1.29 is 9.47 Å². The Morgan fingerprint density at radius 1 is 1.28 bits per heavy atom. The lowest BCUT2D eigenvalue weighted by molar-refractivity contribution is 0.311. The van der Waals surface area contributed by atoms with Crippen molar-refractivity contribution in [3.63, 3.8) is 0 Å². The van der Waals surface area contributed by atoms with Crippen LogP contribution in [0.3, 0.4) is 0 Å². The lowest BCUT2D eigenvalue weighted by atomic mass is 10.2. The Bertz CT molecular complexity index is 386. The van der Waals surface area contributed by atoms with Crippen molar-refractivity contribution in [3.05, 3.63) is 29.8 Å². The van der Waals surface area contributed by atoms with Crippen LogP contribution in [0, 0.1) is 0 Å². The van der Waals surface area contributed by atoms with E-state index in [1.807, 2.05) is 25.1 Å². The number of hydrogen-bond donors (Lipinski definition) is 1. The molecule has 0 spiro atoms. The molecule has 1 N–H and O–H groups in total. The lowest BCUT2D eigenvalue weighted by Gasteiger charge is -2.09. The highest BCUT2D eigenvalue weighted by Crippen LogP contribution is 2.28. The predicted octanol–water partition coefficient (Wildman–Crippen LogP) is 3.11. The Hall–Kier alpha value is -1.48. The number of hydrogen-bond acceptors (Lipinski definition) is 3. The van der Waals surface area contributed by atoms with E-state index >= 15 is 0 Å². The maximum Gasteiger partial charge on any atom is 0.161 e. The third kappa shape index (κ3) is 4.80. The molecule has 100 valence electrons. The van der Waals surface area contributed by atoms with Gasteiger partial charge < -0.3 is 14.8 Å². The third-order valence-corrected chi connectivity index (χ3v) is 2.44. The summed E-state index contributed by atoms with van der Waals surface area (Å²) < 4.78 is 10.8. The molecule has 1 aromatic rings. The molecule has 0 bridgehead atoms. The van der Waals surface area contributed by atoms with Crippen LogP contribution in [0.4, 0.5) is 0 Å². The standard InChI is InChI=1S/C15H23NO2/c1-5-18-14-9-8-13(11-15(14)17-4)7-6-10-16-12(2)3/h6-9,11-12,16H,5,10H2,1-4H3. The number of nitrogens with one attached hydrogen (secondary N) is 1. The second-order valence-electron chi connectivity index (χ2n) is 4.31. The summed E-state index contributed by atoms with van der Waals surface area (Å²) in [5.41, 5.74) is 1.11. The third-order valence-electron chi connectivity index (χ3n) is 2.44. The molecule has 0 fully saturated rings. The molecule has 0 saturated carbocycles. The van der Waals surface area contributed by atoms with E-state index in [1.54, 1.807) is 7.11 Å². The molecule has 0 amide bonds. The second kappa shape index (κ2) is 7.77. The van der Waals surface area contributed by atoms with E-state index < -0.39 is 0 Å². The zero-order chi connectivity index (χ0) is 13.4. The van der Waals surface area contributed by atoms with Gasteiger partial charge in [0.25, 0.3) is 0 Å². The minimum atomic E-state index is 0.504. The van der Waals surface area contributed by atoms with Gasteiger partial charge in [-0.25, -0.2) is 0 Å². The topological polar surface area (TPSA) is 30.5 Å². The molecule has 0 radical (unpaired) electrons. The molecular formula is C15H23NO2. The molecule has 0 aliphatic rings. The summed E-state index contributed by atoms with van der Waals surface area (Å²) >= 11 is 0. The summed E-state index contributed by atoms with van der Waals surface area (Å²) in [5.74, 6) is 1.56. The van der Waals surface area contributed by atoms with E-state index in [9.17, 15) is 0 Å². The zero-order valence-corrected chi connectivity index (χ0v) is 11.7. The van der Waals surface area contributed by atoms with E-state index in [0.717, 1.165) is 23.6 Å². The van der Waals surface area contributed by atoms with E-state index in [-0.39, 0.29) is 0 Å². The molecule has 0 saturated heterocycles. The fourth-order valence-corrected chi connectivity index (χ4v) is 1.56. The molecule has 18 heavy (non-hydrogen) atoms. The quantitative estimate of drug-likeness (QED) is 0.805. The second-order valence-corrected chi connectivity index (χ2v) is 4.31. The average molecular weight is 249 g/mol. The highest BCUT2D eigenvalue weighted by Gasteiger charge is 2.03. The van der Waals surface area contributed by atoms with Crippen molar-refractivity contribution in [2.75, 3.05) is 20.3 Å². The van der Waals surface area contributed by atoms with Gasteiger partial charge in [0.15, 0.2) is 11.5 Å². The molecule has 3 nitrogen and oxygen atoms in total. The molecule has 0 aromatic heterocycles. The Balaban J connectivity index is 2.67. The van der Waals surface area contributed by atoms with Crippen LogP contribution in [-0.2, 0) is 0 Å². The molecule has 0 atom stereocenters. The van der Waals surface area contributed by atoms with Gasteiger partial charge in [0, 0.05) is 12.6 Å². The fourth-order valence-electron chi connectivity index (χ4n) is 1.56. The monoisotopic (exact) mass is 249 g/mol. The summed E-state index contributed by atoms with van der Waals surface area (Å²) in [6.07, 6.45) is 4.18. The van der Waals surface area contributed by atoms with Crippen LogP contribution >= 0.6 is 0 Å². The number of benzene rings is 1. The molecule has 1 aromatic carbocycles. The van der Waals surface area contributed by atoms with Crippen LogP contribution in [0.15, 0.2) is 24.3 Å². The average Bonchev–Trinajstić information content (AvgIpc) is 2.36. The van der Waals surface area contributed by atoms with Gasteiger partial charge in [-0.3, -0.25) is 0 Å². The molecule has 3 heteroatoms. The predicted molar refractivity (Wildman–Crippen MR) is 76.3 cm³/mol. The fraction of sp³-hybridized carbons (Fsp3) is 0.467. The first-order chi connectivity index (χ1) is 8.67. The van der Waals surface area contributed by atoms with Gasteiger partial charge in [-0.15, -0.1) is 0 Å². The van der Waals surface area contributed by atoms with Crippen LogP contribution in [0.1, 0.15) is 26.3 Å². The number of methoxy groups -OCH3 is 1. The molecule has 0 heterocycles. The van der Waals surface area contributed by atoms with Gasteiger partial charge in [0.05, 0.1) is 13.7 Å². The Kier molecular flexibility index (Phi) is 6.29. The Labute approximate surface area is 110 Å². The summed E-state index contributed by atoms with van der Waals surface area (Å²) in [5, 5.41) is 3.33. The first-order valence-electron chi connectivity index (χ1n) is 6.38. The summed E-state index contributed by atoms with van der Waals surface area (Å²) in [6.45, 7) is 7.74. The van der Waals surface area contributed by atoms with Gasteiger partial charge in [-0.05, 0) is 24.6 Å². The molecular weight excluding hydrogens is 226 g/mol. The maximum atomic E-state index is 5.48. The molecule has 0 unspecified atom stereocenters. The van der Waals surface area contributed by atoms with Crippen LogP contribution in [0.2, 0.25) is 0 Å². The van der Waals surface area contributed by atoms with Crippen molar-refractivity contribution in [2.24, 2.45) is 0 Å². The van der Waals surface area contributed by atoms with Crippen molar-refractivity contribution in [1.29, 1.82) is 0 Å². The van der Waals surface area contributed by atoms with Gasteiger partial charge >= 0.3 is 0 Å². The van der Waals surface area contributed by atoms with Crippen molar-refractivity contribution in [2.45, 2.75) is 26.8 Å². The first-order valence-corrected chi connectivity index (χ1v) is 6.38. The highest BCUT2D eigenvalue weighted by atomic mass is 16.5. The van der Waals surface area contributed by atoms with Gasteiger partial charge in [0.2, 0.25) is 0 Å². The van der Waals surface area contributed by atoms with Gasteiger partial charge in [0.1, 0.15) is 0 Å². The maximum absolute atomic E-state index is 5.48. The van der Waals surface area contributed by atoms with Gasteiger partial charge in [-0.2, -0.15) is 0 Å². The van der Waals surface area contributed by atoms with Crippen molar-refractivity contribution in [3.8, 4) is 11.5 Å². The minimum absolute atomic E-state index is 0.504. The number of rotatable bonds is 7. The van der Waals surface area contributed by atoms with Gasteiger partial charge in [-0.1, -0.05) is 32.1 Å². The van der Waals surface area contributed by atoms with E-state index in [2.05, 4.69) is 31.3 Å². The highest BCUT2D eigenvalue weighted by molar-refractivity contribution is 5.56. The largest absolute Gasteiger partial charge is 0.493 e. The smallest absolute Gasteiger partial charge is 0.161 e. The van der Waals surface area contributed by atoms with Crippen LogP contribution in [0.5, 0.6) is 11.5 Å². The van der Waals surface area contributed by atoms with Crippen LogP contribution in [-0.4, -0.2) is 26.3 Å². The summed E-state index contributed by atoms with van der Waals surface area (Å²) in [6, 6.07) is 6.46. The minimum Gasteiger partial charge on any atom is -0.493 e. The van der Waals surface area contributed by atoms with Crippen molar-refractivity contribution in [1.82, 2.24) is 5.32 Å². The molecule has 0 aliphatic carbocycles. The Morgan fingerprint density at radius 3 is 2.67 bits per heavy atom.